The molecule has 0 heterocycles. The molecule has 0 aromatic rings. The number of rotatable bonds is 5. The Morgan fingerprint density at radius 3 is 2.70 bits per heavy atom. The zero-order valence-electron chi connectivity index (χ0n) is 7.22. The molecule has 0 rings (SSSR count). The summed E-state index contributed by atoms with van der Waals surface area (Å²) in [6.45, 7) is 8.89. The molecule has 1 N–H and O–H groups in total. The molecule has 0 saturated carbocycles. The molecule has 2 heteroatoms. The summed E-state index contributed by atoms with van der Waals surface area (Å²) in [5, 5.41) is 3.34. The van der Waals surface area contributed by atoms with Gasteiger partial charge in [-0.15, -0.1) is 0 Å². The van der Waals surface area contributed by atoms with Crippen LogP contribution in [-0.4, -0.2) is 24.7 Å². The van der Waals surface area contributed by atoms with Crippen LogP contribution in [0.1, 0.15) is 20.3 Å². The molecule has 1 atom stereocenters. The van der Waals surface area contributed by atoms with Gasteiger partial charge in [-0.1, -0.05) is 13.5 Å². The van der Waals surface area contributed by atoms with Crippen molar-refractivity contribution in [3.63, 3.8) is 0 Å². The highest BCUT2D eigenvalue weighted by molar-refractivity contribution is 4.66. The van der Waals surface area contributed by atoms with Crippen LogP contribution in [0.15, 0.2) is 12.8 Å². The van der Waals surface area contributed by atoms with Gasteiger partial charge in [-0.25, -0.2) is 0 Å². The lowest BCUT2D eigenvalue weighted by Gasteiger charge is -2.17. The molecule has 0 bridgehead atoms. The van der Waals surface area contributed by atoms with E-state index in [0.717, 1.165) is 6.67 Å². The van der Waals surface area contributed by atoms with Crippen LogP contribution in [0, 0.1) is 0 Å². The average molecular weight is 142 g/mol. The lowest BCUT2D eigenvalue weighted by Crippen LogP contribution is -2.33. The smallest absolute Gasteiger partial charge is 0.0675 e. The van der Waals surface area contributed by atoms with Crippen LogP contribution < -0.4 is 5.32 Å². The average Bonchev–Trinajstić information content (AvgIpc) is 1.99. The lowest BCUT2D eigenvalue weighted by atomic mass is 10.3. The standard InChI is InChI=1S/C8H18N2/c1-5-8(3)9-7-10(4)6-2/h6,8-9H,2,5,7H2,1,3-4H3/t8-/m1/s1. The maximum absolute atomic E-state index is 3.65. The second-order valence-corrected chi connectivity index (χ2v) is 2.61. The van der Waals surface area contributed by atoms with Gasteiger partial charge in [0.2, 0.25) is 0 Å². The number of nitrogens with one attached hydrogen (secondary N) is 1. The van der Waals surface area contributed by atoms with Crippen LogP contribution in [0.25, 0.3) is 0 Å². The van der Waals surface area contributed by atoms with E-state index in [0.29, 0.717) is 6.04 Å². The van der Waals surface area contributed by atoms with Gasteiger partial charge in [0.1, 0.15) is 0 Å². The summed E-state index contributed by atoms with van der Waals surface area (Å²) in [6.07, 6.45) is 2.99. The molecule has 0 aromatic carbocycles. The highest BCUT2D eigenvalue weighted by Crippen LogP contribution is 1.87. The highest BCUT2D eigenvalue weighted by Gasteiger charge is 1.95. The Bertz CT molecular complexity index is 91.3. The Kier molecular flexibility index (Phi) is 5.03. The number of hydrogen-bond acceptors (Lipinski definition) is 2. The predicted molar refractivity (Wildman–Crippen MR) is 45.7 cm³/mol. The maximum Gasteiger partial charge on any atom is 0.0675 e. The molecule has 0 aliphatic rings. The summed E-state index contributed by atoms with van der Waals surface area (Å²) in [4.78, 5) is 2.02. The van der Waals surface area contributed by atoms with Crippen molar-refractivity contribution >= 4 is 0 Å². The van der Waals surface area contributed by atoms with Gasteiger partial charge in [0.15, 0.2) is 0 Å². The van der Waals surface area contributed by atoms with Crippen LogP contribution in [-0.2, 0) is 0 Å². The molecule has 0 aliphatic heterocycles. The second-order valence-electron chi connectivity index (χ2n) is 2.61. The van der Waals surface area contributed by atoms with E-state index in [2.05, 4.69) is 25.7 Å². The van der Waals surface area contributed by atoms with E-state index < -0.39 is 0 Å². The Morgan fingerprint density at radius 1 is 1.70 bits per heavy atom. The molecule has 0 aromatic heterocycles. The van der Waals surface area contributed by atoms with E-state index >= 15 is 0 Å². The monoisotopic (exact) mass is 142 g/mol. The van der Waals surface area contributed by atoms with Gasteiger partial charge in [-0.2, -0.15) is 0 Å². The third kappa shape index (κ3) is 4.39. The highest BCUT2D eigenvalue weighted by atomic mass is 15.2. The van der Waals surface area contributed by atoms with Gasteiger partial charge in [0.05, 0.1) is 6.67 Å². The van der Waals surface area contributed by atoms with Gasteiger partial charge in [0, 0.05) is 13.1 Å². The fourth-order valence-corrected chi connectivity index (χ4v) is 0.509. The van der Waals surface area contributed by atoms with E-state index in [4.69, 9.17) is 0 Å². The maximum atomic E-state index is 3.65. The molecule has 60 valence electrons. The predicted octanol–water partition coefficient (Wildman–Crippen LogP) is 1.41. The summed E-state index contributed by atoms with van der Waals surface area (Å²) < 4.78 is 0. The van der Waals surface area contributed by atoms with Crippen molar-refractivity contribution in [2.75, 3.05) is 13.7 Å². The van der Waals surface area contributed by atoms with Crippen molar-refractivity contribution in [3.05, 3.63) is 12.8 Å². The van der Waals surface area contributed by atoms with E-state index in [-0.39, 0.29) is 0 Å². The molecule has 0 radical (unpaired) electrons. The van der Waals surface area contributed by atoms with Crippen molar-refractivity contribution in [2.45, 2.75) is 26.3 Å². The quantitative estimate of drug-likeness (QED) is 0.584. The van der Waals surface area contributed by atoms with Crippen LogP contribution in [0.2, 0.25) is 0 Å². The largest absolute Gasteiger partial charge is 0.368 e. The second kappa shape index (κ2) is 5.30. The van der Waals surface area contributed by atoms with Crippen molar-refractivity contribution in [1.29, 1.82) is 0 Å². The third-order valence-corrected chi connectivity index (χ3v) is 1.61. The van der Waals surface area contributed by atoms with Gasteiger partial charge in [0.25, 0.3) is 0 Å². The molecular formula is C8H18N2. The SMILES string of the molecule is C=CN(C)CN[C@H](C)CC. The Labute approximate surface area is 63.9 Å². The molecule has 0 amide bonds. The van der Waals surface area contributed by atoms with Crippen LogP contribution in [0.3, 0.4) is 0 Å². The summed E-state index contributed by atoms with van der Waals surface area (Å²) in [6, 6.07) is 0.599. The summed E-state index contributed by atoms with van der Waals surface area (Å²) in [5.74, 6) is 0. The fourth-order valence-electron chi connectivity index (χ4n) is 0.509. The topological polar surface area (TPSA) is 15.3 Å². The van der Waals surface area contributed by atoms with E-state index in [9.17, 15) is 0 Å². The molecule has 0 saturated heterocycles. The van der Waals surface area contributed by atoms with Crippen LogP contribution >= 0.6 is 0 Å². The number of hydrogen-bond donors (Lipinski definition) is 1. The lowest BCUT2D eigenvalue weighted by molar-refractivity contribution is 0.373. The molecule has 10 heavy (non-hydrogen) atoms. The minimum absolute atomic E-state index is 0.599. The van der Waals surface area contributed by atoms with Crippen LogP contribution in [0.5, 0.6) is 0 Å². The summed E-state index contributed by atoms with van der Waals surface area (Å²) >= 11 is 0. The molecule has 0 aliphatic carbocycles. The molecular weight excluding hydrogens is 124 g/mol. The van der Waals surface area contributed by atoms with Crippen molar-refractivity contribution < 1.29 is 0 Å². The fraction of sp³-hybridized carbons (Fsp3) is 0.750. The summed E-state index contributed by atoms with van der Waals surface area (Å²) in [5.41, 5.74) is 0. The van der Waals surface area contributed by atoms with Crippen LogP contribution in [0.4, 0.5) is 0 Å². The van der Waals surface area contributed by atoms with E-state index in [1.807, 2.05) is 18.1 Å². The zero-order chi connectivity index (χ0) is 7.98. The first-order chi connectivity index (χ1) is 4.70. The van der Waals surface area contributed by atoms with Crippen molar-refractivity contribution in [3.8, 4) is 0 Å². The van der Waals surface area contributed by atoms with Gasteiger partial charge in [-0.05, 0) is 19.5 Å². The van der Waals surface area contributed by atoms with Crippen molar-refractivity contribution in [2.24, 2.45) is 0 Å². The van der Waals surface area contributed by atoms with Gasteiger partial charge in [-0.3, -0.25) is 5.32 Å². The first-order valence-corrected chi connectivity index (χ1v) is 3.76. The molecule has 0 fully saturated rings. The minimum atomic E-state index is 0.599. The first kappa shape index (κ1) is 9.50. The van der Waals surface area contributed by atoms with Gasteiger partial charge < -0.3 is 4.90 Å². The molecule has 0 unspecified atom stereocenters. The third-order valence-electron chi connectivity index (χ3n) is 1.61. The van der Waals surface area contributed by atoms with E-state index in [1.165, 1.54) is 6.42 Å². The zero-order valence-corrected chi connectivity index (χ0v) is 7.22. The molecule has 2 nitrogen and oxygen atoms in total. The Morgan fingerprint density at radius 2 is 2.30 bits per heavy atom. The normalized spacial score (nSPS) is 12.7. The Balaban J connectivity index is 3.25. The van der Waals surface area contributed by atoms with Gasteiger partial charge >= 0.3 is 0 Å². The van der Waals surface area contributed by atoms with E-state index in [1.54, 1.807) is 0 Å². The number of nitrogens with zero attached hydrogens (tertiary/aromatic N) is 1. The molecule has 0 spiro atoms. The van der Waals surface area contributed by atoms with Crippen molar-refractivity contribution in [1.82, 2.24) is 10.2 Å². The first-order valence-electron chi connectivity index (χ1n) is 3.76. The summed E-state index contributed by atoms with van der Waals surface area (Å²) in [7, 11) is 2.00. The minimum Gasteiger partial charge on any atom is -0.368 e. The Hall–Kier alpha value is -0.500.